The van der Waals surface area contributed by atoms with E-state index >= 15 is 0 Å². The Kier molecular flexibility index (Phi) is 26.4. The standard InChI is InChI=1S/2C22H16N2.C19H14N2.C16H12N2.C13H10N2.2C9H7N/c2*1-4-10-17(11-5-1)20-16-21(18-12-6-2-7-13-18)24-22(23-20)19-14-8-3-9-15-19;1-3-9-15(10-4-1)19-20-17-13-7-8-14-18(17)21(19)16-11-5-2-6-12-16;1-3-7-13(8-4-1)15-11-12-17-16(18-15)14-9-5-2-6-10-14;1-2-6-11(7-3-1)15-10-14-12-8-4-5-9-13(12)15;2*1-2-6-9-8(4-1)5-3-7-10-9/h2*1-16H;1-14H;1-12H;1-10H;2*1-7H. The number of para-hydroxylation sites is 8. The Labute approximate surface area is 709 Å². The van der Waals surface area contributed by atoms with Crippen molar-refractivity contribution in [2.24, 2.45) is 0 Å². The molecular weight excluding hydrogens is 1490 g/mol. The van der Waals surface area contributed by atoms with Gasteiger partial charge in [0.2, 0.25) is 0 Å². The summed E-state index contributed by atoms with van der Waals surface area (Å²) in [6.07, 6.45) is 7.28. The minimum Gasteiger partial charge on any atom is -0.299 e. The summed E-state index contributed by atoms with van der Waals surface area (Å²) in [7, 11) is 0. The van der Waals surface area contributed by atoms with Crippen molar-refractivity contribution >= 4 is 43.9 Å². The topological polar surface area (TPSA) is 139 Å². The number of aromatic nitrogens is 12. The average Bonchev–Trinajstić information content (AvgIpc) is 1.62. The van der Waals surface area contributed by atoms with Gasteiger partial charge in [0.25, 0.3) is 0 Å². The van der Waals surface area contributed by atoms with Gasteiger partial charge < -0.3 is 0 Å². The summed E-state index contributed by atoms with van der Waals surface area (Å²) in [5.41, 5.74) is 23.1. The predicted molar refractivity (Wildman–Crippen MR) is 501 cm³/mol. The van der Waals surface area contributed by atoms with Crippen LogP contribution in [0.2, 0.25) is 0 Å². The number of nitrogens with zero attached hydrogens (tertiary/aromatic N) is 12. The van der Waals surface area contributed by atoms with E-state index in [0.717, 1.165) is 146 Å². The highest BCUT2D eigenvalue weighted by Gasteiger charge is 2.16. The van der Waals surface area contributed by atoms with Gasteiger partial charge in [-0.05, 0) is 91.0 Å². The Morgan fingerprint density at radius 2 is 0.467 bits per heavy atom. The van der Waals surface area contributed by atoms with E-state index in [4.69, 9.17) is 24.9 Å². The molecule has 0 atom stereocenters. The molecule has 0 bridgehead atoms. The first-order chi connectivity index (χ1) is 60.5. The van der Waals surface area contributed by atoms with Gasteiger partial charge in [-0.25, -0.2) is 39.9 Å². The lowest BCUT2D eigenvalue weighted by atomic mass is 10.1. The lowest BCUT2D eigenvalue weighted by Gasteiger charge is -2.09. The molecule has 7 heterocycles. The highest BCUT2D eigenvalue weighted by molar-refractivity contribution is 5.84. The van der Waals surface area contributed by atoms with Crippen LogP contribution in [0.15, 0.2) is 498 Å². The largest absolute Gasteiger partial charge is 0.299 e. The number of pyridine rings is 2. The zero-order valence-corrected chi connectivity index (χ0v) is 66.7. The van der Waals surface area contributed by atoms with Gasteiger partial charge in [-0.1, -0.05) is 382 Å². The predicted octanol–water partition coefficient (Wildman–Crippen LogP) is 27.0. The molecule has 15 aromatic carbocycles. The first-order valence-electron chi connectivity index (χ1n) is 40.3. The van der Waals surface area contributed by atoms with Gasteiger partial charge in [0, 0.05) is 90.8 Å². The fourth-order valence-electron chi connectivity index (χ4n) is 13.6. The second-order valence-electron chi connectivity index (χ2n) is 27.9. The molecule has 7 aromatic heterocycles. The summed E-state index contributed by atoms with van der Waals surface area (Å²) < 4.78 is 4.31. The van der Waals surface area contributed by atoms with Gasteiger partial charge in [0.05, 0.1) is 61.6 Å². The molecule has 122 heavy (non-hydrogen) atoms. The summed E-state index contributed by atoms with van der Waals surface area (Å²) >= 11 is 0. The number of hydrogen-bond donors (Lipinski definition) is 0. The maximum atomic E-state index is 4.82. The van der Waals surface area contributed by atoms with Crippen molar-refractivity contribution in [2.75, 3.05) is 0 Å². The van der Waals surface area contributed by atoms with Crippen LogP contribution in [0, 0.1) is 0 Å². The molecule has 22 rings (SSSR count). The normalized spacial score (nSPS) is 10.5. The first-order valence-corrected chi connectivity index (χ1v) is 40.3. The number of imidazole rings is 2. The van der Waals surface area contributed by atoms with Crippen LogP contribution in [-0.4, -0.2) is 59.0 Å². The maximum absolute atomic E-state index is 4.82. The molecule has 582 valence electrons. The zero-order chi connectivity index (χ0) is 82.4. The fourth-order valence-corrected chi connectivity index (χ4v) is 13.6. The molecule has 0 amide bonds. The van der Waals surface area contributed by atoms with Crippen molar-refractivity contribution in [3.8, 4) is 113 Å². The zero-order valence-electron chi connectivity index (χ0n) is 66.7. The molecule has 12 nitrogen and oxygen atoms in total. The molecule has 0 radical (unpaired) electrons. The molecule has 0 N–H and O–H groups in total. The summed E-state index contributed by atoms with van der Waals surface area (Å²) in [4.78, 5) is 45.6. The van der Waals surface area contributed by atoms with Gasteiger partial charge in [0.15, 0.2) is 17.5 Å². The summed E-state index contributed by atoms with van der Waals surface area (Å²) in [5, 5.41) is 2.40. The first kappa shape index (κ1) is 79.2. The SMILES string of the molecule is c1ccc(-c2cc(-c3ccccc3)nc(-c3ccccc3)n2)cc1.c1ccc(-c2cc(-c3ccccc3)nc(-c3ccccc3)n2)cc1.c1ccc(-c2ccnc(-c3ccccc3)n2)cc1.c1ccc(-c2nc3ccccc3n2-c2ccccc2)cc1.c1ccc(-n2cnc3ccccc32)cc1.c1ccc2ncccc2c1.c1ccc2ncccc2c1. The van der Waals surface area contributed by atoms with Crippen LogP contribution in [0.5, 0.6) is 0 Å². The van der Waals surface area contributed by atoms with Crippen LogP contribution in [0.25, 0.3) is 157 Å². The molecule has 0 saturated heterocycles. The van der Waals surface area contributed by atoms with Crippen molar-refractivity contribution in [2.45, 2.75) is 0 Å². The van der Waals surface area contributed by atoms with E-state index in [2.05, 4.69) is 204 Å². The van der Waals surface area contributed by atoms with Gasteiger partial charge in [-0.3, -0.25) is 19.1 Å². The number of benzene rings is 15. The molecule has 22 aromatic rings. The van der Waals surface area contributed by atoms with Crippen LogP contribution in [0.4, 0.5) is 0 Å². The van der Waals surface area contributed by atoms with Crippen molar-refractivity contribution in [3.63, 3.8) is 0 Å². The average molecular weight is 1570 g/mol. The number of hydrogen-bond acceptors (Lipinski definition) is 10. The van der Waals surface area contributed by atoms with E-state index in [-0.39, 0.29) is 0 Å². The van der Waals surface area contributed by atoms with Gasteiger partial charge in [-0.15, -0.1) is 0 Å². The second-order valence-corrected chi connectivity index (χ2v) is 27.9. The van der Waals surface area contributed by atoms with Crippen LogP contribution in [-0.2, 0) is 0 Å². The van der Waals surface area contributed by atoms with Gasteiger partial charge in [-0.2, -0.15) is 0 Å². The van der Waals surface area contributed by atoms with Crippen LogP contribution < -0.4 is 0 Å². The Balaban J connectivity index is 0.000000108. The molecule has 12 heteroatoms. The Morgan fingerprint density at radius 3 is 0.869 bits per heavy atom. The van der Waals surface area contributed by atoms with Crippen molar-refractivity contribution in [1.29, 1.82) is 0 Å². The monoisotopic (exact) mass is 1570 g/mol. The molecule has 0 unspecified atom stereocenters. The van der Waals surface area contributed by atoms with E-state index in [9.17, 15) is 0 Å². The summed E-state index contributed by atoms with van der Waals surface area (Å²) in [6.45, 7) is 0. The Hall–Kier alpha value is -16.7. The lowest BCUT2D eigenvalue weighted by Crippen LogP contribution is -1.96. The minimum atomic E-state index is 0.746. The van der Waals surface area contributed by atoms with E-state index in [0.29, 0.717) is 0 Å². The van der Waals surface area contributed by atoms with Crippen molar-refractivity contribution in [1.82, 2.24) is 59.0 Å². The summed E-state index contributed by atoms with van der Waals surface area (Å²) in [6, 6.07) is 159. The van der Waals surface area contributed by atoms with Gasteiger partial charge >= 0.3 is 0 Å². The second kappa shape index (κ2) is 40.7. The minimum absolute atomic E-state index is 0.746. The lowest BCUT2D eigenvalue weighted by molar-refractivity contribution is 1.09. The van der Waals surface area contributed by atoms with E-state index in [1.807, 2.05) is 322 Å². The van der Waals surface area contributed by atoms with E-state index < -0.39 is 0 Å². The van der Waals surface area contributed by atoms with Crippen LogP contribution in [0.1, 0.15) is 0 Å². The smallest absolute Gasteiger partial charge is 0.160 e. The molecule has 0 saturated carbocycles. The van der Waals surface area contributed by atoms with Crippen molar-refractivity contribution < 1.29 is 0 Å². The third kappa shape index (κ3) is 20.7. The molecule has 0 spiro atoms. The van der Waals surface area contributed by atoms with Crippen LogP contribution in [0.3, 0.4) is 0 Å². The summed E-state index contributed by atoms with van der Waals surface area (Å²) in [5.74, 6) is 3.23. The van der Waals surface area contributed by atoms with Crippen molar-refractivity contribution in [3.05, 3.63) is 498 Å². The third-order valence-electron chi connectivity index (χ3n) is 19.7. The third-order valence-corrected chi connectivity index (χ3v) is 19.7. The van der Waals surface area contributed by atoms with Gasteiger partial charge in [0.1, 0.15) is 12.2 Å². The number of rotatable bonds is 11. The maximum Gasteiger partial charge on any atom is 0.160 e. The molecule has 0 aliphatic heterocycles. The molecule has 0 aliphatic carbocycles. The highest BCUT2D eigenvalue weighted by atomic mass is 15.1. The number of fused-ring (bicyclic) bond motifs is 4. The molecule has 0 fully saturated rings. The van der Waals surface area contributed by atoms with E-state index in [1.54, 1.807) is 6.20 Å². The van der Waals surface area contributed by atoms with E-state index in [1.165, 1.54) is 10.8 Å². The quantitative estimate of drug-likeness (QED) is 0.123. The molecular formula is C110H82N12. The Morgan fingerprint density at radius 1 is 0.172 bits per heavy atom. The Bertz CT molecular complexity index is 6260. The fraction of sp³-hybridized carbons (Fsp3) is 0. The highest BCUT2D eigenvalue weighted by Crippen LogP contribution is 2.32. The molecule has 0 aliphatic rings. The van der Waals surface area contributed by atoms with Crippen LogP contribution >= 0.6 is 0 Å².